The molecule has 2 heterocycles. The van der Waals surface area contributed by atoms with Crippen molar-refractivity contribution in [2.75, 3.05) is 26.2 Å². The van der Waals surface area contributed by atoms with E-state index in [1.807, 2.05) is 0 Å². The molecule has 2 aliphatic rings. The Hall–Kier alpha value is -1.26. The predicted octanol–water partition coefficient (Wildman–Crippen LogP) is 1.86. The van der Waals surface area contributed by atoms with Gasteiger partial charge in [-0.1, -0.05) is 5.11 Å². The molecule has 0 N–H and O–H groups in total. The van der Waals surface area contributed by atoms with Crippen molar-refractivity contribution in [3.05, 3.63) is 10.4 Å². The van der Waals surface area contributed by atoms with Gasteiger partial charge in [0.2, 0.25) is 5.91 Å². The van der Waals surface area contributed by atoms with Gasteiger partial charge in [0.25, 0.3) is 0 Å². The maximum atomic E-state index is 11.8. The third-order valence-corrected chi connectivity index (χ3v) is 3.60. The summed E-state index contributed by atoms with van der Waals surface area (Å²) in [5, 5.41) is 3.33. The van der Waals surface area contributed by atoms with Crippen LogP contribution in [0.5, 0.6) is 0 Å². The van der Waals surface area contributed by atoms with Crippen molar-refractivity contribution in [1.82, 2.24) is 4.90 Å². The minimum Gasteiger partial charge on any atom is -0.373 e. The van der Waals surface area contributed by atoms with Gasteiger partial charge in [-0.25, -0.2) is 0 Å². The van der Waals surface area contributed by atoms with Gasteiger partial charge in [0.05, 0.1) is 5.60 Å². The zero-order valence-corrected chi connectivity index (χ0v) is 9.97. The standard InChI is InChI=1S/C11H18N4O2/c12-14-13-8-10(16)15-6-3-5-11(9-15)4-1-2-7-17-11/h1-9H2/t11-/m1/s1. The first-order valence-corrected chi connectivity index (χ1v) is 6.18. The van der Waals surface area contributed by atoms with Crippen LogP contribution in [0.4, 0.5) is 0 Å². The molecule has 0 aliphatic carbocycles. The van der Waals surface area contributed by atoms with Crippen LogP contribution >= 0.6 is 0 Å². The number of ether oxygens (including phenoxy) is 1. The Bertz CT molecular complexity index is 327. The Morgan fingerprint density at radius 1 is 1.41 bits per heavy atom. The fourth-order valence-corrected chi connectivity index (χ4v) is 2.73. The molecule has 0 aromatic rings. The van der Waals surface area contributed by atoms with Crippen molar-refractivity contribution in [2.45, 2.75) is 37.7 Å². The first-order chi connectivity index (χ1) is 8.26. The molecule has 2 aliphatic heterocycles. The molecule has 2 saturated heterocycles. The summed E-state index contributed by atoms with van der Waals surface area (Å²) in [6.45, 7) is 2.14. The number of likely N-dealkylation sites (tertiary alicyclic amines) is 1. The second-order valence-electron chi connectivity index (χ2n) is 4.80. The molecule has 0 bridgehead atoms. The van der Waals surface area contributed by atoms with E-state index in [4.69, 9.17) is 10.3 Å². The van der Waals surface area contributed by atoms with Crippen molar-refractivity contribution >= 4 is 5.91 Å². The van der Waals surface area contributed by atoms with Crippen LogP contribution in [0.15, 0.2) is 5.11 Å². The van der Waals surface area contributed by atoms with Gasteiger partial charge in [-0.2, -0.15) is 0 Å². The number of azide groups is 1. The van der Waals surface area contributed by atoms with E-state index in [1.165, 1.54) is 6.42 Å². The lowest BCUT2D eigenvalue weighted by Gasteiger charge is -2.44. The second-order valence-corrected chi connectivity index (χ2v) is 4.80. The number of piperidine rings is 1. The summed E-state index contributed by atoms with van der Waals surface area (Å²) in [6, 6.07) is 0. The van der Waals surface area contributed by atoms with Gasteiger partial charge < -0.3 is 9.64 Å². The number of carbonyl (C=O) groups excluding carboxylic acids is 1. The normalized spacial score (nSPS) is 28.8. The first-order valence-electron chi connectivity index (χ1n) is 6.18. The van der Waals surface area contributed by atoms with Crippen molar-refractivity contribution in [2.24, 2.45) is 5.11 Å². The highest BCUT2D eigenvalue weighted by molar-refractivity contribution is 5.78. The van der Waals surface area contributed by atoms with Crippen LogP contribution in [-0.2, 0) is 9.53 Å². The molecule has 1 atom stereocenters. The summed E-state index contributed by atoms with van der Waals surface area (Å²) < 4.78 is 5.89. The third-order valence-electron chi connectivity index (χ3n) is 3.60. The number of rotatable bonds is 2. The van der Waals surface area contributed by atoms with E-state index < -0.39 is 0 Å². The van der Waals surface area contributed by atoms with E-state index in [0.717, 1.165) is 38.8 Å². The third kappa shape index (κ3) is 2.90. The number of carbonyl (C=O) groups is 1. The monoisotopic (exact) mass is 238 g/mol. The molecule has 1 spiro atoms. The smallest absolute Gasteiger partial charge is 0.228 e. The largest absolute Gasteiger partial charge is 0.373 e. The van der Waals surface area contributed by atoms with Gasteiger partial charge in [0.15, 0.2) is 0 Å². The van der Waals surface area contributed by atoms with Gasteiger partial charge in [-0.05, 0) is 37.6 Å². The molecule has 6 heteroatoms. The molecule has 0 saturated carbocycles. The topological polar surface area (TPSA) is 78.3 Å². The summed E-state index contributed by atoms with van der Waals surface area (Å²) in [6.07, 6.45) is 5.35. The van der Waals surface area contributed by atoms with Crippen LogP contribution in [0.25, 0.3) is 10.4 Å². The Morgan fingerprint density at radius 2 is 2.24 bits per heavy atom. The van der Waals surface area contributed by atoms with E-state index >= 15 is 0 Å². The van der Waals surface area contributed by atoms with Crippen molar-refractivity contribution in [3.8, 4) is 0 Å². The average Bonchev–Trinajstić information content (AvgIpc) is 2.37. The summed E-state index contributed by atoms with van der Waals surface area (Å²) in [4.78, 5) is 16.2. The average molecular weight is 238 g/mol. The van der Waals surface area contributed by atoms with Gasteiger partial charge >= 0.3 is 0 Å². The molecular weight excluding hydrogens is 220 g/mol. The van der Waals surface area contributed by atoms with E-state index in [0.29, 0.717) is 6.54 Å². The Morgan fingerprint density at radius 3 is 2.94 bits per heavy atom. The maximum Gasteiger partial charge on any atom is 0.228 e. The van der Waals surface area contributed by atoms with E-state index in [9.17, 15) is 4.79 Å². The summed E-state index contributed by atoms with van der Waals surface area (Å²) in [5.74, 6) is -0.0870. The minimum absolute atomic E-state index is 0.0768. The van der Waals surface area contributed by atoms with Crippen molar-refractivity contribution in [1.29, 1.82) is 0 Å². The lowest BCUT2D eigenvalue weighted by atomic mass is 9.86. The van der Waals surface area contributed by atoms with E-state index in [2.05, 4.69) is 10.0 Å². The first kappa shape index (κ1) is 12.2. The molecule has 0 radical (unpaired) electrons. The molecule has 1 amide bonds. The number of amides is 1. The van der Waals surface area contributed by atoms with Crippen LogP contribution in [0.2, 0.25) is 0 Å². The number of hydrogen-bond donors (Lipinski definition) is 0. The molecule has 0 aromatic heterocycles. The van der Waals surface area contributed by atoms with E-state index in [-0.39, 0.29) is 18.1 Å². The predicted molar refractivity (Wildman–Crippen MR) is 62.4 cm³/mol. The number of hydrogen-bond acceptors (Lipinski definition) is 3. The van der Waals surface area contributed by atoms with Crippen LogP contribution in [-0.4, -0.2) is 42.6 Å². The fourth-order valence-electron chi connectivity index (χ4n) is 2.73. The summed E-state index contributed by atoms with van der Waals surface area (Å²) in [5.41, 5.74) is 8.10. The maximum absolute atomic E-state index is 11.8. The van der Waals surface area contributed by atoms with Crippen molar-refractivity contribution < 1.29 is 9.53 Å². The Labute approximate surface area is 101 Å². The van der Waals surface area contributed by atoms with E-state index in [1.54, 1.807) is 4.90 Å². The Kier molecular flexibility index (Phi) is 3.86. The highest BCUT2D eigenvalue weighted by Crippen LogP contribution is 2.33. The van der Waals surface area contributed by atoms with Gasteiger partial charge in [0, 0.05) is 24.6 Å². The van der Waals surface area contributed by atoms with Crippen LogP contribution in [0, 0.1) is 0 Å². The van der Waals surface area contributed by atoms with Crippen molar-refractivity contribution in [3.63, 3.8) is 0 Å². The van der Waals surface area contributed by atoms with Gasteiger partial charge in [0.1, 0.15) is 6.54 Å². The molecule has 17 heavy (non-hydrogen) atoms. The zero-order valence-electron chi connectivity index (χ0n) is 9.97. The van der Waals surface area contributed by atoms with Crippen LogP contribution in [0.1, 0.15) is 32.1 Å². The van der Waals surface area contributed by atoms with Crippen LogP contribution in [0.3, 0.4) is 0 Å². The lowest BCUT2D eigenvalue weighted by Crippen LogP contribution is -2.53. The Balaban J connectivity index is 1.96. The summed E-state index contributed by atoms with van der Waals surface area (Å²) >= 11 is 0. The SMILES string of the molecule is [N-]=[N+]=NCC(=O)N1CCC[C@]2(CCCCO2)C1. The molecule has 2 rings (SSSR count). The molecular formula is C11H18N4O2. The molecule has 2 fully saturated rings. The second kappa shape index (κ2) is 5.38. The zero-order chi connectivity index (χ0) is 12.1. The molecule has 6 nitrogen and oxygen atoms in total. The fraction of sp³-hybridized carbons (Fsp3) is 0.909. The number of nitrogens with zero attached hydrogens (tertiary/aromatic N) is 4. The summed E-state index contributed by atoms with van der Waals surface area (Å²) in [7, 11) is 0. The van der Waals surface area contributed by atoms with Gasteiger partial charge in [-0.15, -0.1) is 0 Å². The minimum atomic E-state index is -0.123. The quantitative estimate of drug-likeness (QED) is 0.418. The highest BCUT2D eigenvalue weighted by Gasteiger charge is 2.38. The lowest BCUT2D eigenvalue weighted by molar-refractivity contribution is -0.147. The molecule has 0 unspecified atom stereocenters. The molecule has 0 aromatic carbocycles. The highest BCUT2D eigenvalue weighted by atomic mass is 16.5. The van der Waals surface area contributed by atoms with Gasteiger partial charge in [-0.3, -0.25) is 4.79 Å². The molecule has 94 valence electrons. The van der Waals surface area contributed by atoms with Crippen LogP contribution < -0.4 is 0 Å².